The minimum absolute atomic E-state index is 0. The van der Waals surface area contributed by atoms with Gasteiger partial charge in [-0.1, -0.05) is 117 Å². The highest BCUT2D eigenvalue weighted by Gasteiger charge is 2.23. The summed E-state index contributed by atoms with van der Waals surface area (Å²) in [5.41, 5.74) is 16.7. The van der Waals surface area contributed by atoms with Gasteiger partial charge in [0.15, 0.2) is 6.61 Å². The van der Waals surface area contributed by atoms with E-state index in [-0.39, 0.29) is 64.5 Å². The molecule has 1 atom stereocenters. The lowest BCUT2D eigenvalue weighted by molar-refractivity contribution is -0.459. The number of nitrogens with two attached hydrogens (primary N) is 2. The van der Waals surface area contributed by atoms with Gasteiger partial charge >= 0.3 is 5.96 Å². The van der Waals surface area contributed by atoms with E-state index in [9.17, 15) is 14.4 Å². The van der Waals surface area contributed by atoms with Crippen molar-refractivity contribution in [1.29, 1.82) is 0 Å². The number of carbonyl (C=O) groups is 3. The van der Waals surface area contributed by atoms with Crippen molar-refractivity contribution in [2.75, 3.05) is 25.1 Å². The summed E-state index contributed by atoms with van der Waals surface area (Å²) in [7, 11) is 0. The smallest absolute Gasteiger partial charge is 0.338 e. The van der Waals surface area contributed by atoms with E-state index in [1.54, 1.807) is 24.3 Å². The lowest BCUT2D eigenvalue weighted by Gasteiger charge is -2.21. The molecule has 0 aliphatic heterocycles. The Morgan fingerprint density at radius 1 is 0.767 bits per heavy atom. The average Bonchev–Trinajstić information content (AvgIpc) is 3.23. The second-order valence-corrected chi connectivity index (χ2v) is 13.1. The molecule has 0 unspecified atom stereocenters. The number of hydrogen-bond acceptors (Lipinski definition) is 6. The number of benzene rings is 6. The van der Waals surface area contributed by atoms with E-state index >= 15 is 0 Å². The molecule has 14 heteroatoms. The Labute approximate surface area is 363 Å². The zero-order valence-corrected chi connectivity index (χ0v) is 34.0. The second-order valence-electron chi connectivity index (χ2n) is 13.1. The van der Waals surface area contributed by atoms with Gasteiger partial charge in [0.25, 0.3) is 11.8 Å². The molecule has 6 rings (SSSR count). The van der Waals surface area contributed by atoms with Crippen molar-refractivity contribution in [2.45, 2.75) is 32.9 Å². The lowest BCUT2D eigenvalue weighted by atomic mass is 9.92. The third kappa shape index (κ3) is 12.7. The van der Waals surface area contributed by atoms with E-state index in [4.69, 9.17) is 25.8 Å². The summed E-state index contributed by atoms with van der Waals surface area (Å²) in [6.07, 6.45) is 2.38. The van der Waals surface area contributed by atoms with Crippen LogP contribution in [0.15, 0.2) is 140 Å². The maximum atomic E-state index is 13.7. The summed E-state index contributed by atoms with van der Waals surface area (Å²) < 4.78 is 12.5. The van der Waals surface area contributed by atoms with Gasteiger partial charge in [-0.25, -0.2) is 5.48 Å². The maximum Gasteiger partial charge on any atom is 0.338 e. The van der Waals surface area contributed by atoms with Crippen LogP contribution < -0.4 is 54.5 Å². The van der Waals surface area contributed by atoms with Gasteiger partial charge in [0.2, 0.25) is 5.91 Å². The molecule has 314 valence electrons. The molecule has 0 heterocycles. The van der Waals surface area contributed by atoms with Gasteiger partial charge in [-0.3, -0.25) is 35.7 Å². The molecule has 0 radical (unpaired) electrons. The minimum atomic E-state index is -0.971. The number of hydrogen-bond donors (Lipinski definition) is 6. The largest absolute Gasteiger partial charge is 1.00 e. The number of guanidine groups is 1. The van der Waals surface area contributed by atoms with Crippen molar-refractivity contribution in [3.05, 3.63) is 151 Å². The molecule has 0 saturated heterocycles. The number of carbonyl (C=O) groups excluding carboxylic acids is 3. The Balaban J connectivity index is 0.00000320. The van der Waals surface area contributed by atoms with E-state index < -0.39 is 23.8 Å². The molecule has 0 spiro atoms. The fourth-order valence-corrected chi connectivity index (χ4v) is 6.38. The van der Waals surface area contributed by atoms with Crippen LogP contribution in [0.2, 0.25) is 0 Å². The number of halogens is 1. The fraction of sp³-hybridized carbons (Fsp3) is 0.174. The van der Waals surface area contributed by atoms with Crippen molar-refractivity contribution in [1.82, 2.24) is 10.8 Å². The Kier molecular flexibility index (Phi) is 18.9. The first-order valence-corrected chi connectivity index (χ1v) is 18.5. The number of anilines is 1. The van der Waals surface area contributed by atoms with Gasteiger partial charge < -0.3 is 32.5 Å². The summed E-state index contributed by atoms with van der Waals surface area (Å²) in [5.74, 6) is -0.339. The molecular formula is C46H51ClN6O6S. The number of ether oxygens (including phenoxy) is 2. The van der Waals surface area contributed by atoms with Crippen molar-refractivity contribution in [3.8, 4) is 22.6 Å². The summed E-state index contributed by atoms with van der Waals surface area (Å²) in [6.45, 7) is 4.29. The normalized spacial score (nSPS) is 10.7. The van der Waals surface area contributed by atoms with E-state index in [2.05, 4.69) is 27.7 Å². The van der Waals surface area contributed by atoms with Crippen molar-refractivity contribution in [3.63, 3.8) is 0 Å². The summed E-state index contributed by atoms with van der Waals surface area (Å²) in [5, 5.41) is 9.51. The first-order valence-electron chi connectivity index (χ1n) is 18.5. The van der Waals surface area contributed by atoms with Crippen molar-refractivity contribution >= 4 is 64.4 Å². The maximum absolute atomic E-state index is 13.7. The molecule has 6 aromatic rings. The van der Waals surface area contributed by atoms with Crippen molar-refractivity contribution < 1.29 is 46.1 Å². The zero-order chi connectivity index (χ0) is 40.0. The molecule has 60 heavy (non-hydrogen) atoms. The minimum Gasteiger partial charge on any atom is -1.00 e. The molecular weight excluding hydrogens is 800 g/mol. The molecule has 12 nitrogen and oxygen atoms in total. The van der Waals surface area contributed by atoms with Crippen LogP contribution in [0, 0.1) is 0 Å². The Morgan fingerprint density at radius 3 is 2.02 bits per heavy atom. The van der Waals surface area contributed by atoms with Crippen LogP contribution in [0.25, 0.3) is 32.7 Å². The van der Waals surface area contributed by atoms with Crippen LogP contribution in [-0.4, -0.2) is 49.5 Å². The quantitative estimate of drug-likeness (QED) is 0.0251. The number of hydroxylamine groups is 1. The highest BCUT2D eigenvalue weighted by atomic mass is 35.5. The fourth-order valence-electron chi connectivity index (χ4n) is 6.38. The SMILES string of the molecule is C.C=CCOc1ccc2ccccc2c1-c1c(OCC(=O)N[C@H](CCC[NH+]=C(N)N)C(=O)Nc2cccc(C(=O)NOCc3ccccc3)c2)ccc2ccccc12.S.[Cl-]. The van der Waals surface area contributed by atoms with E-state index in [1.165, 1.54) is 6.07 Å². The molecule has 3 amide bonds. The molecule has 0 bridgehead atoms. The molecule has 0 aliphatic rings. The monoisotopic (exact) mass is 850 g/mol. The van der Waals surface area contributed by atoms with Crippen molar-refractivity contribution in [2.24, 2.45) is 11.5 Å². The highest BCUT2D eigenvalue weighted by molar-refractivity contribution is 7.59. The topological polar surface area (TPSA) is 181 Å². The molecule has 0 aliphatic carbocycles. The van der Waals surface area contributed by atoms with Gasteiger partial charge in [0.1, 0.15) is 24.1 Å². The van der Waals surface area contributed by atoms with Crippen LogP contribution in [0.5, 0.6) is 11.5 Å². The van der Waals surface area contributed by atoms with Crippen LogP contribution in [0.3, 0.4) is 0 Å². The number of rotatable bonds is 18. The molecule has 6 aromatic carbocycles. The van der Waals surface area contributed by atoms with Gasteiger partial charge in [-0.2, -0.15) is 13.5 Å². The predicted molar refractivity (Wildman–Crippen MR) is 239 cm³/mol. The highest BCUT2D eigenvalue weighted by Crippen LogP contribution is 2.45. The van der Waals surface area contributed by atoms with Crippen LogP contribution >= 0.6 is 13.5 Å². The first-order chi connectivity index (χ1) is 27.8. The average molecular weight is 851 g/mol. The Morgan fingerprint density at radius 2 is 1.38 bits per heavy atom. The van der Waals surface area contributed by atoms with Gasteiger partial charge in [0, 0.05) is 22.4 Å². The Bertz CT molecular complexity index is 2410. The van der Waals surface area contributed by atoms with Gasteiger partial charge in [-0.15, -0.1) is 0 Å². The number of fused-ring (bicyclic) bond motifs is 2. The molecule has 0 fully saturated rings. The van der Waals surface area contributed by atoms with E-state index in [1.807, 2.05) is 103 Å². The van der Waals surface area contributed by atoms with Gasteiger partial charge in [-0.05, 0) is 70.3 Å². The first kappa shape index (κ1) is 47.8. The van der Waals surface area contributed by atoms with Crippen LogP contribution in [0.1, 0.15) is 36.2 Å². The van der Waals surface area contributed by atoms with Crippen LogP contribution in [0.4, 0.5) is 5.69 Å². The molecule has 0 aromatic heterocycles. The van der Waals surface area contributed by atoms with Gasteiger partial charge in [0.05, 0.1) is 13.2 Å². The number of nitrogens with one attached hydrogen (secondary N) is 4. The summed E-state index contributed by atoms with van der Waals surface area (Å²) in [4.78, 5) is 48.4. The third-order valence-electron chi connectivity index (χ3n) is 9.04. The predicted octanol–water partition coefficient (Wildman–Crippen LogP) is 2.48. The molecule has 0 saturated carbocycles. The number of amides is 3. The zero-order valence-electron chi connectivity index (χ0n) is 32.2. The molecule has 8 N–H and O–H groups in total. The van der Waals surface area contributed by atoms with Crippen LogP contribution in [-0.2, 0) is 21.0 Å². The second kappa shape index (κ2) is 23.8. The van der Waals surface area contributed by atoms with E-state index in [0.717, 1.165) is 38.2 Å². The van der Waals surface area contributed by atoms with E-state index in [0.29, 0.717) is 36.8 Å². The third-order valence-corrected chi connectivity index (χ3v) is 9.04. The standard InChI is InChI=1S/C45H44N6O6.CH4.ClH.H2S/c1-2-26-55-38-23-21-31-14-6-8-18-35(31)41(38)42-36-19-9-7-15-32(36)22-24-39(42)56-29-40(52)50-37(20-11-25-48-45(46)47)44(54)49-34-17-10-16-33(27-34)43(53)51-57-28-30-12-4-3-5-13-30;;;/h2-10,12-19,21-24,27,37H,1,11,20,25-26,28-29H2,(H,49,54)(H,50,52)(H,51,53)(H4,46,47,48);1H4;1H;1H2/t37-;;;/m1.../s1. The Hall–Kier alpha value is -6.54. The lowest BCUT2D eigenvalue weighted by Crippen LogP contribution is -3.00. The summed E-state index contributed by atoms with van der Waals surface area (Å²) >= 11 is 0. The summed E-state index contributed by atoms with van der Waals surface area (Å²) in [6, 6.07) is 38.5.